The van der Waals surface area contributed by atoms with Crippen molar-refractivity contribution in [3.05, 3.63) is 47.5 Å². The summed E-state index contributed by atoms with van der Waals surface area (Å²) in [6, 6.07) is 11.4. The largest absolute Gasteiger partial charge is 0.454 e. The Hall–Kier alpha value is -2.45. The number of amides is 1. The van der Waals surface area contributed by atoms with Gasteiger partial charge in [-0.1, -0.05) is 17.7 Å². The molecular weight excluding hydrogens is 380 g/mol. The second-order valence-electron chi connectivity index (χ2n) is 5.50. The van der Waals surface area contributed by atoms with Gasteiger partial charge in [-0.15, -0.1) is 0 Å². The first-order valence-corrected chi connectivity index (χ1v) is 9.83. The number of rotatable bonds is 6. The molecule has 0 saturated heterocycles. The van der Waals surface area contributed by atoms with Crippen molar-refractivity contribution in [3.63, 3.8) is 0 Å². The molecule has 0 bridgehead atoms. The molecule has 0 unspecified atom stereocenters. The van der Waals surface area contributed by atoms with Crippen LogP contribution in [0.15, 0.2) is 42.5 Å². The minimum atomic E-state index is -3.68. The van der Waals surface area contributed by atoms with E-state index in [2.05, 4.69) is 5.32 Å². The second kappa shape index (κ2) is 7.43. The number of carbonyl (C=O) groups is 1. The topological polar surface area (TPSA) is 84.9 Å². The standard InChI is InChI=1S/C17H17ClN2O5S/c1-2-26(22,23)20(14-6-7-15-16(9-14)25-11-24-15)10-17(21)19-13-5-3-4-12(18)8-13/h3-9H,2,10-11H2,1H3,(H,19,21). The maximum Gasteiger partial charge on any atom is 0.245 e. The van der Waals surface area contributed by atoms with Gasteiger partial charge in [-0.05, 0) is 37.3 Å². The number of hydrogen-bond acceptors (Lipinski definition) is 5. The Morgan fingerprint density at radius 1 is 1.19 bits per heavy atom. The molecule has 1 heterocycles. The van der Waals surface area contributed by atoms with E-state index in [1.54, 1.807) is 42.5 Å². The lowest BCUT2D eigenvalue weighted by Gasteiger charge is -2.23. The normalized spacial score (nSPS) is 12.7. The van der Waals surface area contributed by atoms with Gasteiger partial charge in [0, 0.05) is 16.8 Å². The number of hydrogen-bond donors (Lipinski definition) is 1. The van der Waals surface area contributed by atoms with E-state index in [0.29, 0.717) is 27.9 Å². The highest BCUT2D eigenvalue weighted by Gasteiger charge is 2.25. The third-order valence-electron chi connectivity index (χ3n) is 3.74. The van der Waals surface area contributed by atoms with E-state index < -0.39 is 15.9 Å². The molecule has 1 aliphatic heterocycles. The highest BCUT2D eigenvalue weighted by atomic mass is 35.5. The SMILES string of the molecule is CCS(=O)(=O)N(CC(=O)Nc1cccc(Cl)c1)c1ccc2c(c1)OCO2. The molecule has 138 valence electrons. The Bertz CT molecular complexity index is 933. The zero-order valence-corrected chi connectivity index (χ0v) is 15.5. The van der Waals surface area contributed by atoms with Gasteiger partial charge in [0.2, 0.25) is 22.7 Å². The molecule has 2 aromatic carbocycles. The molecule has 0 spiro atoms. The van der Waals surface area contributed by atoms with E-state index in [1.807, 2.05) is 0 Å². The van der Waals surface area contributed by atoms with Crippen LogP contribution in [-0.2, 0) is 14.8 Å². The van der Waals surface area contributed by atoms with Crippen LogP contribution in [0.5, 0.6) is 11.5 Å². The fourth-order valence-corrected chi connectivity index (χ4v) is 3.69. The van der Waals surface area contributed by atoms with Crippen molar-refractivity contribution in [1.82, 2.24) is 0 Å². The van der Waals surface area contributed by atoms with Gasteiger partial charge in [-0.3, -0.25) is 9.10 Å². The Morgan fingerprint density at radius 3 is 2.69 bits per heavy atom. The smallest absolute Gasteiger partial charge is 0.245 e. The Kier molecular flexibility index (Phi) is 5.24. The van der Waals surface area contributed by atoms with Gasteiger partial charge in [0.25, 0.3) is 0 Å². The first kappa shape index (κ1) is 18.3. The molecule has 2 aromatic rings. The minimum absolute atomic E-state index is 0.0779. The van der Waals surface area contributed by atoms with Gasteiger partial charge in [-0.2, -0.15) is 0 Å². The van der Waals surface area contributed by atoms with Crippen LogP contribution in [-0.4, -0.2) is 33.4 Å². The average Bonchev–Trinajstić information content (AvgIpc) is 3.07. The van der Waals surface area contributed by atoms with E-state index in [9.17, 15) is 13.2 Å². The van der Waals surface area contributed by atoms with Crippen molar-refractivity contribution >= 4 is 38.9 Å². The van der Waals surface area contributed by atoms with Crippen molar-refractivity contribution < 1.29 is 22.7 Å². The molecule has 1 aliphatic rings. The van der Waals surface area contributed by atoms with Crippen LogP contribution in [0.3, 0.4) is 0 Å². The molecule has 0 aromatic heterocycles. The summed E-state index contributed by atoms with van der Waals surface area (Å²) in [7, 11) is -3.68. The highest BCUT2D eigenvalue weighted by Crippen LogP contribution is 2.36. The third-order valence-corrected chi connectivity index (χ3v) is 5.72. The van der Waals surface area contributed by atoms with Crippen molar-refractivity contribution in [2.24, 2.45) is 0 Å². The Balaban J connectivity index is 1.84. The number of fused-ring (bicyclic) bond motifs is 1. The fourth-order valence-electron chi connectivity index (χ4n) is 2.44. The quantitative estimate of drug-likeness (QED) is 0.811. The van der Waals surface area contributed by atoms with E-state index in [0.717, 1.165) is 4.31 Å². The highest BCUT2D eigenvalue weighted by molar-refractivity contribution is 7.92. The number of nitrogens with one attached hydrogen (secondary N) is 1. The summed E-state index contributed by atoms with van der Waals surface area (Å²) in [5.41, 5.74) is 0.819. The number of ether oxygens (including phenoxy) is 2. The average molecular weight is 397 g/mol. The summed E-state index contributed by atoms with van der Waals surface area (Å²) in [5, 5.41) is 3.12. The summed E-state index contributed by atoms with van der Waals surface area (Å²) in [5.74, 6) is 0.341. The summed E-state index contributed by atoms with van der Waals surface area (Å²) in [6.45, 7) is 1.22. The van der Waals surface area contributed by atoms with Gasteiger partial charge < -0.3 is 14.8 Å². The summed E-state index contributed by atoms with van der Waals surface area (Å²) in [4.78, 5) is 12.4. The van der Waals surface area contributed by atoms with Gasteiger partial charge in [0.15, 0.2) is 11.5 Å². The maximum absolute atomic E-state index is 12.5. The number of carbonyl (C=O) groups excluding carboxylic acids is 1. The van der Waals surface area contributed by atoms with Crippen molar-refractivity contribution in [3.8, 4) is 11.5 Å². The van der Waals surface area contributed by atoms with Crippen LogP contribution in [0.2, 0.25) is 5.02 Å². The van der Waals surface area contributed by atoms with E-state index in [-0.39, 0.29) is 19.1 Å². The molecule has 0 radical (unpaired) electrons. The Labute approximate surface area is 156 Å². The van der Waals surface area contributed by atoms with Crippen molar-refractivity contribution in [2.75, 3.05) is 28.7 Å². The molecule has 0 atom stereocenters. The monoisotopic (exact) mass is 396 g/mol. The summed E-state index contributed by atoms with van der Waals surface area (Å²) < 4.78 is 36.6. The van der Waals surface area contributed by atoms with Gasteiger partial charge >= 0.3 is 0 Å². The molecule has 0 aliphatic carbocycles. The number of sulfonamides is 1. The van der Waals surface area contributed by atoms with Crippen LogP contribution in [0.25, 0.3) is 0 Å². The molecule has 9 heteroatoms. The molecule has 0 saturated carbocycles. The summed E-state index contributed by atoms with van der Waals surface area (Å²) >= 11 is 5.90. The lowest BCUT2D eigenvalue weighted by Crippen LogP contribution is -2.39. The third kappa shape index (κ3) is 4.03. The van der Waals surface area contributed by atoms with Crippen molar-refractivity contribution in [2.45, 2.75) is 6.92 Å². The predicted molar refractivity (Wildman–Crippen MR) is 99.5 cm³/mol. The molecule has 3 rings (SSSR count). The second-order valence-corrected chi connectivity index (χ2v) is 8.12. The fraction of sp³-hybridized carbons (Fsp3) is 0.235. The maximum atomic E-state index is 12.5. The number of halogens is 1. The Morgan fingerprint density at radius 2 is 1.96 bits per heavy atom. The van der Waals surface area contributed by atoms with E-state index >= 15 is 0 Å². The first-order valence-electron chi connectivity index (χ1n) is 7.84. The molecule has 7 nitrogen and oxygen atoms in total. The van der Waals surface area contributed by atoms with Gasteiger partial charge in [0.05, 0.1) is 11.4 Å². The molecule has 1 N–H and O–H groups in total. The molecule has 1 amide bonds. The van der Waals surface area contributed by atoms with Crippen LogP contribution < -0.4 is 19.1 Å². The lowest BCUT2D eigenvalue weighted by atomic mass is 10.2. The zero-order valence-electron chi connectivity index (χ0n) is 13.9. The molecule has 26 heavy (non-hydrogen) atoms. The summed E-state index contributed by atoms with van der Waals surface area (Å²) in [6.07, 6.45) is 0. The number of nitrogens with zero attached hydrogens (tertiary/aromatic N) is 1. The van der Waals surface area contributed by atoms with Gasteiger partial charge in [-0.25, -0.2) is 8.42 Å². The first-order chi connectivity index (χ1) is 12.4. The molecule has 0 fully saturated rings. The van der Waals surface area contributed by atoms with Gasteiger partial charge in [0.1, 0.15) is 6.54 Å². The van der Waals surface area contributed by atoms with Crippen LogP contribution >= 0.6 is 11.6 Å². The van der Waals surface area contributed by atoms with Crippen LogP contribution in [0.4, 0.5) is 11.4 Å². The minimum Gasteiger partial charge on any atom is -0.454 e. The predicted octanol–water partition coefficient (Wildman–Crippen LogP) is 2.86. The molecular formula is C17H17ClN2O5S. The number of benzene rings is 2. The van der Waals surface area contributed by atoms with Crippen molar-refractivity contribution in [1.29, 1.82) is 0 Å². The number of anilines is 2. The van der Waals surface area contributed by atoms with Crippen LogP contribution in [0.1, 0.15) is 6.92 Å². The van der Waals surface area contributed by atoms with Crippen LogP contribution in [0, 0.1) is 0 Å². The van der Waals surface area contributed by atoms with E-state index in [1.165, 1.54) is 6.92 Å². The lowest BCUT2D eigenvalue weighted by molar-refractivity contribution is -0.114. The zero-order chi connectivity index (χ0) is 18.7. The van der Waals surface area contributed by atoms with E-state index in [4.69, 9.17) is 21.1 Å².